The van der Waals surface area contributed by atoms with Crippen LogP contribution >= 0.6 is 0 Å². The quantitative estimate of drug-likeness (QED) is 0.871. The van der Waals surface area contributed by atoms with Crippen molar-refractivity contribution < 1.29 is 4.79 Å². The first kappa shape index (κ1) is 13.9. The van der Waals surface area contributed by atoms with Gasteiger partial charge in [-0.15, -0.1) is 0 Å². The van der Waals surface area contributed by atoms with Crippen molar-refractivity contribution in [2.24, 2.45) is 5.92 Å². The molecule has 0 heterocycles. The standard InChI is InChI=1S/C16H24N2O/c1-11-8-9-14(16(19)17-3)10-15(11)18-12(2)13-6-4-5-7-13/h8-10,12-13,18H,4-7H2,1-3H3,(H,17,19). The van der Waals surface area contributed by atoms with E-state index in [9.17, 15) is 4.79 Å². The first-order valence-corrected chi connectivity index (χ1v) is 7.21. The maximum Gasteiger partial charge on any atom is 0.251 e. The number of aryl methyl sites for hydroxylation is 1. The van der Waals surface area contributed by atoms with Gasteiger partial charge >= 0.3 is 0 Å². The van der Waals surface area contributed by atoms with Gasteiger partial charge < -0.3 is 10.6 Å². The lowest BCUT2D eigenvalue weighted by atomic mass is 9.98. The molecule has 1 fully saturated rings. The second kappa shape index (κ2) is 6.09. The largest absolute Gasteiger partial charge is 0.382 e. The number of hydrogen-bond acceptors (Lipinski definition) is 2. The minimum absolute atomic E-state index is 0.0310. The summed E-state index contributed by atoms with van der Waals surface area (Å²) in [6.45, 7) is 4.33. The second-order valence-electron chi connectivity index (χ2n) is 5.59. The highest BCUT2D eigenvalue weighted by molar-refractivity contribution is 5.95. The van der Waals surface area contributed by atoms with Gasteiger partial charge in [-0.05, 0) is 50.3 Å². The van der Waals surface area contributed by atoms with Gasteiger partial charge in [0.1, 0.15) is 0 Å². The molecule has 2 N–H and O–H groups in total. The molecule has 1 atom stereocenters. The molecule has 2 rings (SSSR count). The summed E-state index contributed by atoms with van der Waals surface area (Å²) in [4.78, 5) is 11.7. The zero-order chi connectivity index (χ0) is 13.8. The summed E-state index contributed by atoms with van der Waals surface area (Å²) in [5, 5.41) is 6.26. The maximum atomic E-state index is 11.7. The van der Waals surface area contributed by atoms with Crippen LogP contribution in [0.4, 0.5) is 5.69 Å². The molecule has 1 aromatic carbocycles. The number of carbonyl (C=O) groups is 1. The summed E-state index contributed by atoms with van der Waals surface area (Å²) >= 11 is 0. The van der Waals surface area contributed by atoms with Crippen LogP contribution in [0.3, 0.4) is 0 Å². The Morgan fingerprint density at radius 2 is 2.00 bits per heavy atom. The lowest BCUT2D eigenvalue weighted by molar-refractivity contribution is 0.0963. The van der Waals surface area contributed by atoms with E-state index in [1.165, 1.54) is 31.2 Å². The summed E-state index contributed by atoms with van der Waals surface area (Å²) in [7, 11) is 1.66. The first-order valence-electron chi connectivity index (χ1n) is 7.21. The fraction of sp³-hybridized carbons (Fsp3) is 0.562. The van der Waals surface area contributed by atoms with Crippen molar-refractivity contribution >= 4 is 11.6 Å². The molecule has 1 aliphatic rings. The van der Waals surface area contributed by atoms with E-state index in [1.54, 1.807) is 7.05 Å². The highest BCUT2D eigenvalue weighted by Gasteiger charge is 2.21. The summed E-state index contributed by atoms with van der Waals surface area (Å²) in [6, 6.07) is 6.31. The lowest BCUT2D eigenvalue weighted by Crippen LogP contribution is -2.25. The van der Waals surface area contributed by atoms with E-state index in [4.69, 9.17) is 0 Å². The topological polar surface area (TPSA) is 41.1 Å². The van der Waals surface area contributed by atoms with Crippen LogP contribution in [0.25, 0.3) is 0 Å². The Kier molecular flexibility index (Phi) is 4.46. The van der Waals surface area contributed by atoms with E-state index in [1.807, 2.05) is 18.2 Å². The number of anilines is 1. The van der Waals surface area contributed by atoms with Crippen LogP contribution in [0.5, 0.6) is 0 Å². The zero-order valence-electron chi connectivity index (χ0n) is 12.1. The number of benzene rings is 1. The molecule has 0 aromatic heterocycles. The van der Waals surface area contributed by atoms with Gasteiger partial charge in [-0.25, -0.2) is 0 Å². The number of carbonyl (C=O) groups excluding carboxylic acids is 1. The Labute approximate surface area is 115 Å². The van der Waals surface area contributed by atoms with Crippen LogP contribution in [0.15, 0.2) is 18.2 Å². The molecular formula is C16H24N2O. The summed E-state index contributed by atoms with van der Waals surface area (Å²) in [5.74, 6) is 0.736. The smallest absolute Gasteiger partial charge is 0.251 e. The molecule has 0 saturated heterocycles. The van der Waals surface area contributed by atoms with Crippen molar-refractivity contribution in [3.8, 4) is 0 Å². The van der Waals surface area contributed by atoms with Gasteiger partial charge in [-0.1, -0.05) is 18.9 Å². The van der Waals surface area contributed by atoms with Crippen LogP contribution < -0.4 is 10.6 Å². The van der Waals surface area contributed by atoms with Crippen molar-refractivity contribution in [3.63, 3.8) is 0 Å². The Morgan fingerprint density at radius 1 is 1.32 bits per heavy atom. The van der Waals surface area contributed by atoms with E-state index in [2.05, 4.69) is 24.5 Å². The highest BCUT2D eigenvalue weighted by Crippen LogP contribution is 2.30. The van der Waals surface area contributed by atoms with Crippen LogP contribution in [-0.4, -0.2) is 19.0 Å². The first-order chi connectivity index (χ1) is 9.11. The predicted molar refractivity (Wildman–Crippen MR) is 79.6 cm³/mol. The van der Waals surface area contributed by atoms with E-state index in [0.717, 1.165) is 11.6 Å². The second-order valence-corrected chi connectivity index (χ2v) is 5.59. The van der Waals surface area contributed by atoms with Crippen molar-refractivity contribution in [2.75, 3.05) is 12.4 Å². The molecule has 1 aliphatic carbocycles. The van der Waals surface area contributed by atoms with Crippen LogP contribution in [0.1, 0.15) is 48.5 Å². The van der Waals surface area contributed by atoms with Gasteiger partial charge in [0.05, 0.1) is 0 Å². The Morgan fingerprint density at radius 3 is 2.63 bits per heavy atom. The van der Waals surface area contributed by atoms with Crippen molar-refractivity contribution in [3.05, 3.63) is 29.3 Å². The van der Waals surface area contributed by atoms with E-state index in [0.29, 0.717) is 11.6 Å². The molecule has 0 bridgehead atoms. The van der Waals surface area contributed by atoms with Gasteiger partial charge in [-0.3, -0.25) is 4.79 Å². The minimum atomic E-state index is -0.0310. The molecule has 0 radical (unpaired) electrons. The summed E-state index contributed by atoms with van der Waals surface area (Å²) in [5.41, 5.74) is 2.99. The SMILES string of the molecule is CNC(=O)c1ccc(C)c(NC(C)C2CCCC2)c1. The van der Waals surface area contributed by atoms with Gasteiger partial charge in [0.25, 0.3) is 5.91 Å². The summed E-state index contributed by atoms with van der Waals surface area (Å²) < 4.78 is 0. The van der Waals surface area contributed by atoms with Gasteiger partial charge in [-0.2, -0.15) is 0 Å². The molecule has 1 aromatic rings. The molecule has 0 aliphatic heterocycles. The Balaban J connectivity index is 2.12. The van der Waals surface area contributed by atoms with Gasteiger partial charge in [0.2, 0.25) is 0 Å². The molecule has 19 heavy (non-hydrogen) atoms. The number of hydrogen-bond donors (Lipinski definition) is 2. The number of nitrogens with one attached hydrogen (secondary N) is 2. The van der Waals surface area contributed by atoms with Gasteiger partial charge in [0.15, 0.2) is 0 Å². The monoisotopic (exact) mass is 260 g/mol. The van der Waals surface area contributed by atoms with Crippen LogP contribution in [-0.2, 0) is 0 Å². The molecule has 3 heteroatoms. The molecule has 3 nitrogen and oxygen atoms in total. The molecule has 104 valence electrons. The Hall–Kier alpha value is -1.51. The average molecular weight is 260 g/mol. The third-order valence-electron chi connectivity index (χ3n) is 4.22. The zero-order valence-corrected chi connectivity index (χ0v) is 12.1. The fourth-order valence-corrected chi connectivity index (χ4v) is 2.88. The van der Waals surface area contributed by atoms with E-state index < -0.39 is 0 Å². The third-order valence-corrected chi connectivity index (χ3v) is 4.22. The van der Waals surface area contributed by atoms with E-state index in [-0.39, 0.29) is 5.91 Å². The number of amides is 1. The molecule has 1 unspecified atom stereocenters. The highest BCUT2D eigenvalue weighted by atomic mass is 16.1. The lowest BCUT2D eigenvalue weighted by Gasteiger charge is -2.23. The van der Waals surface area contributed by atoms with Gasteiger partial charge in [0, 0.05) is 24.3 Å². The minimum Gasteiger partial charge on any atom is -0.382 e. The molecular weight excluding hydrogens is 236 g/mol. The fourth-order valence-electron chi connectivity index (χ4n) is 2.88. The van der Waals surface area contributed by atoms with Crippen LogP contribution in [0.2, 0.25) is 0 Å². The predicted octanol–water partition coefficient (Wildman–Crippen LogP) is 3.35. The number of rotatable bonds is 4. The summed E-state index contributed by atoms with van der Waals surface area (Å²) in [6.07, 6.45) is 5.35. The molecule has 0 spiro atoms. The van der Waals surface area contributed by atoms with Crippen LogP contribution in [0, 0.1) is 12.8 Å². The van der Waals surface area contributed by atoms with Crippen molar-refractivity contribution in [2.45, 2.75) is 45.6 Å². The third kappa shape index (κ3) is 3.28. The normalized spacial score (nSPS) is 17.2. The van der Waals surface area contributed by atoms with Crippen molar-refractivity contribution in [1.82, 2.24) is 5.32 Å². The average Bonchev–Trinajstić information content (AvgIpc) is 2.94. The molecule has 1 saturated carbocycles. The van der Waals surface area contributed by atoms with E-state index >= 15 is 0 Å². The Bertz CT molecular complexity index is 450. The maximum absolute atomic E-state index is 11.7. The molecule has 1 amide bonds. The van der Waals surface area contributed by atoms with Crippen molar-refractivity contribution in [1.29, 1.82) is 0 Å².